The molecule has 0 fully saturated rings. The summed E-state index contributed by atoms with van der Waals surface area (Å²) >= 11 is 1.20. The predicted molar refractivity (Wildman–Crippen MR) is 110 cm³/mol. The number of ether oxygens (including phenoxy) is 4. The van der Waals surface area contributed by atoms with Gasteiger partial charge in [0.2, 0.25) is 18.6 Å². The van der Waals surface area contributed by atoms with Crippen molar-refractivity contribution in [1.82, 2.24) is 15.1 Å². The second kappa shape index (κ2) is 8.38. The summed E-state index contributed by atoms with van der Waals surface area (Å²) in [5.41, 5.74) is 1.69. The minimum Gasteiger partial charge on any atom is -0.486 e. The topological polar surface area (TPSA) is 96.2 Å². The minimum atomic E-state index is -0.0530. The molecule has 2 aromatic carbocycles. The first kappa shape index (κ1) is 19.6. The Balaban J connectivity index is 1.17. The molecule has 160 valence electrons. The fourth-order valence-electron chi connectivity index (χ4n) is 3.20. The van der Waals surface area contributed by atoms with E-state index in [1.165, 1.54) is 11.8 Å². The zero-order valence-electron chi connectivity index (χ0n) is 16.7. The fourth-order valence-corrected chi connectivity index (χ4v) is 3.90. The Labute approximate surface area is 182 Å². The van der Waals surface area contributed by atoms with E-state index in [0.29, 0.717) is 48.1 Å². The van der Waals surface area contributed by atoms with Crippen molar-refractivity contribution < 1.29 is 28.2 Å². The van der Waals surface area contributed by atoms with Crippen LogP contribution in [0.5, 0.6) is 23.0 Å². The highest BCUT2D eigenvalue weighted by Gasteiger charge is 2.18. The Kier molecular flexibility index (Phi) is 5.29. The van der Waals surface area contributed by atoms with E-state index in [4.69, 9.17) is 23.4 Å². The van der Waals surface area contributed by atoms with E-state index in [1.807, 2.05) is 24.3 Å². The summed E-state index contributed by atoms with van der Waals surface area (Å²) in [5, 5.41) is 8.41. The average molecular weight is 441 g/mol. The third kappa shape index (κ3) is 4.24. The molecule has 0 atom stereocenters. The van der Waals surface area contributed by atoms with Gasteiger partial charge >= 0.3 is 0 Å². The van der Waals surface area contributed by atoms with Crippen LogP contribution in [-0.2, 0) is 11.3 Å². The third-order valence-electron chi connectivity index (χ3n) is 4.80. The van der Waals surface area contributed by atoms with E-state index in [0.717, 1.165) is 16.9 Å². The first-order valence-corrected chi connectivity index (χ1v) is 10.6. The highest BCUT2D eigenvalue weighted by molar-refractivity contribution is 7.99. The molecule has 5 rings (SSSR count). The van der Waals surface area contributed by atoms with Gasteiger partial charge in [-0.05, 0) is 35.9 Å². The monoisotopic (exact) mass is 441 g/mol. The Hall–Kier alpha value is -3.40. The van der Waals surface area contributed by atoms with Crippen LogP contribution in [0.2, 0.25) is 0 Å². The number of aromatic nitrogens is 2. The van der Waals surface area contributed by atoms with Gasteiger partial charge in [-0.3, -0.25) is 4.79 Å². The summed E-state index contributed by atoms with van der Waals surface area (Å²) in [5.74, 6) is 3.25. The maximum absolute atomic E-state index is 12.5. The molecule has 2 aliphatic rings. The van der Waals surface area contributed by atoms with Crippen molar-refractivity contribution in [2.24, 2.45) is 0 Å². The maximum Gasteiger partial charge on any atom is 0.277 e. The van der Waals surface area contributed by atoms with Crippen LogP contribution in [0.3, 0.4) is 0 Å². The van der Waals surface area contributed by atoms with Crippen LogP contribution in [0.15, 0.2) is 46.0 Å². The van der Waals surface area contributed by atoms with Gasteiger partial charge in [-0.25, -0.2) is 0 Å². The zero-order valence-corrected chi connectivity index (χ0v) is 17.5. The van der Waals surface area contributed by atoms with Gasteiger partial charge in [-0.2, -0.15) is 0 Å². The Bertz CT molecular complexity index is 1120. The number of rotatable bonds is 6. The Morgan fingerprint density at radius 2 is 1.71 bits per heavy atom. The molecule has 0 N–H and O–H groups in total. The van der Waals surface area contributed by atoms with Gasteiger partial charge in [0, 0.05) is 19.2 Å². The summed E-state index contributed by atoms with van der Waals surface area (Å²) in [6.07, 6.45) is 0. The van der Waals surface area contributed by atoms with Crippen LogP contribution < -0.4 is 18.9 Å². The standard InChI is InChI=1S/C21H19N3O6S/c1-24(10-13-2-4-15-17(8-13)27-7-6-26-15)19(25)11-31-21-23-22-20(30-21)14-3-5-16-18(9-14)29-12-28-16/h2-5,8-9H,6-7,10-12H2,1H3. The lowest BCUT2D eigenvalue weighted by atomic mass is 10.2. The summed E-state index contributed by atoms with van der Waals surface area (Å²) in [6.45, 7) is 1.74. The second-order valence-electron chi connectivity index (χ2n) is 6.96. The molecule has 3 heterocycles. The van der Waals surface area contributed by atoms with Crippen LogP contribution in [0.1, 0.15) is 5.56 Å². The third-order valence-corrected chi connectivity index (χ3v) is 5.60. The molecule has 0 radical (unpaired) electrons. The van der Waals surface area contributed by atoms with E-state index in [-0.39, 0.29) is 18.5 Å². The van der Waals surface area contributed by atoms with Crippen molar-refractivity contribution in [2.75, 3.05) is 32.8 Å². The summed E-state index contributed by atoms with van der Waals surface area (Å²) in [4.78, 5) is 14.2. The first-order chi connectivity index (χ1) is 15.2. The van der Waals surface area contributed by atoms with Crippen LogP contribution in [0.25, 0.3) is 11.5 Å². The van der Waals surface area contributed by atoms with Crippen LogP contribution in [0.4, 0.5) is 0 Å². The second-order valence-corrected chi connectivity index (χ2v) is 7.88. The van der Waals surface area contributed by atoms with Crippen molar-refractivity contribution in [3.8, 4) is 34.5 Å². The molecular formula is C21H19N3O6S. The molecule has 1 aromatic heterocycles. The number of nitrogens with zero attached hydrogens (tertiary/aromatic N) is 3. The van der Waals surface area contributed by atoms with Gasteiger partial charge < -0.3 is 28.3 Å². The van der Waals surface area contributed by atoms with E-state index < -0.39 is 0 Å². The SMILES string of the molecule is CN(Cc1ccc2c(c1)OCCO2)C(=O)CSc1nnc(-c2ccc3c(c2)OCO3)o1. The average Bonchev–Trinajstić information content (AvgIpc) is 3.46. The first-order valence-electron chi connectivity index (χ1n) is 9.64. The lowest BCUT2D eigenvalue weighted by molar-refractivity contribution is -0.127. The zero-order chi connectivity index (χ0) is 21.2. The molecular weight excluding hydrogens is 422 g/mol. The van der Waals surface area contributed by atoms with Crippen LogP contribution in [0, 0.1) is 0 Å². The van der Waals surface area contributed by atoms with Crippen molar-refractivity contribution in [1.29, 1.82) is 0 Å². The summed E-state index contributed by atoms with van der Waals surface area (Å²) < 4.78 is 27.5. The van der Waals surface area contributed by atoms with Gasteiger partial charge in [0.15, 0.2) is 23.0 Å². The number of thioether (sulfide) groups is 1. The molecule has 3 aromatic rings. The predicted octanol–water partition coefficient (Wildman–Crippen LogP) is 2.99. The molecule has 0 aliphatic carbocycles. The number of carbonyl (C=O) groups is 1. The molecule has 0 bridgehead atoms. The van der Waals surface area contributed by atoms with Crippen molar-refractivity contribution >= 4 is 17.7 Å². The van der Waals surface area contributed by atoms with E-state index in [9.17, 15) is 4.79 Å². The smallest absolute Gasteiger partial charge is 0.277 e. The minimum absolute atomic E-state index is 0.0530. The fraction of sp³-hybridized carbons (Fsp3) is 0.286. The highest BCUT2D eigenvalue weighted by Crippen LogP contribution is 2.36. The number of benzene rings is 2. The van der Waals surface area contributed by atoms with E-state index in [2.05, 4.69) is 10.2 Å². The van der Waals surface area contributed by atoms with Crippen LogP contribution >= 0.6 is 11.8 Å². The van der Waals surface area contributed by atoms with Gasteiger partial charge in [0.25, 0.3) is 5.22 Å². The Morgan fingerprint density at radius 1 is 0.968 bits per heavy atom. The molecule has 10 heteroatoms. The van der Waals surface area contributed by atoms with Crippen molar-refractivity contribution in [2.45, 2.75) is 11.8 Å². The lowest BCUT2D eigenvalue weighted by Gasteiger charge is -2.21. The molecule has 9 nitrogen and oxygen atoms in total. The molecule has 0 unspecified atom stereocenters. The molecule has 0 spiro atoms. The lowest BCUT2D eigenvalue weighted by Crippen LogP contribution is -2.27. The molecule has 31 heavy (non-hydrogen) atoms. The van der Waals surface area contributed by atoms with Gasteiger partial charge in [0.05, 0.1) is 5.75 Å². The molecule has 0 saturated carbocycles. The quantitative estimate of drug-likeness (QED) is 0.535. The van der Waals surface area contributed by atoms with E-state index >= 15 is 0 Å². The number of hydrogen-bond acceptors (Lipinski definition) is 9. The van der Waals surface area contributed by atoms with Gasteiger partial charge in [-0.1, -0.05) is 17.8 Å². The van der Waals surface area contributed by atoms with Crippen LogP contribution in [-0.4, -0.2) is 53.8 Å². The van der Waals surface area contributed by atoms with Crippen molar-refractivity contribution in [3.63, 3.8) is 0 Å². The molecule has 0 saturated heterocycles. The number of amides is 1. The summed E-state index contributed by atoms with van der Waals surface area (Å²) in [7, 11) is 1.76. The largest absolute Gasteiger partial charge is 0.486 e. The van der Waals surface area contributed by atoms with Crippen molar-refractivity contribution in [3.05, 3.63) is 42.0 Å². The normalized spacial score (nSPS) is 13.8. The maximum atomic E-state index is 12.5. The molecule has 2 aliphatic heterocycles. The van der Waals surface area contributed by atoms with Gasteiger partial charge in [0.1, 0.15) is 13.2 Å². The Morgan fingerprint density at radius 3 is 2.61 bits per heavy atom. The molecule has 1 amide bonds. The number of carbonyl (C=O) groups excluding carboxylic acids is 1. The number of hydrogen-bond donors (Lipinski definition) is 0. The number of fused-ring (bicyclic) bond motifs is 2. The van der Waals surface area contributed by atoms with E-state index in [1.54, 1.807) is 24.1 Å². The summed E-state index contributed by atoms with van der Waals surface area (Å²) in [6, 6.07) is 11.1. The highest BCUT2D eigenvalue weighted by atomic mass is 32.2. The van der Waals surface area contributed by atoms with Gasteiger partial charge in [-0.15, -0.1) is 10.2 Å².